The number of aromatic nitrogens is 2. The van der Waals surface area contributed by atoms with E-state index in [4.69, 9.17) is 0 Å². The summed E-state index contributed by atoms with van der Waals surface area (Å²) in [5.41, 5.74) is 1.67. The van der Waals surface area contributed by atoms with Crippen LogP contribution in [0.15, 0.2) is 36.5 Å². The molecule has 0 saturated carbocycles. The number of aromatic hydroxyl groups is 1. The van der Waals surface area contributed by atoms with E-state index in [1.54, 1.807) is 6.07 Å². The van der Waals surface area contributed by atoms with Crippen LogP contribution in [0.3, 0.4) is 0 Å². The van der Waals surface area contributed by atoms with E-state index in [9.17, 15) is 9.90 Å². The first-order chi connectivity index (χ1) is 9.08. The number of aryl methyl sites for hydroxylation is 1. The van der Waals surface area contributed by atoms with E-state index in [0.29, 0.717) is 0 Å². The molecular formula is C14H15N3O2. The summed E-state index contributed by atoms with van der Waals surface area (Å²) in [6.07, 6.45) is 1.46. The first kappa shape index (κ1) is 13.0. The van der Waals surface area contributed by atoms with Gasteiger partial charge in [-0.1, -0.05) is 6.07 Å². The van der Waals surface area contributed by atoms with Gasteiger partial charge in [-0.05, 0) is 38.1 Å². The molecule has 0 saturated heterocycles. The fraction of sp³-hybridized carbons (Fsp3) is 0.214. The molecule has 5 nitrogen and oxygen atoms in total. The van der Waals surface area contributed by atoms with Crippen molar-refractivity contribution in [3.05, 3.63) is 53.6 Å². The number of hydrogen-bond acceptors (Lipinski definition) is 4. The van der Waals surface area contributed by atoms with Crippen LogP contribution in [0.25, 0.3) is 0 Å². The van der Waals surface area contributed by atoms with Crippen molar-refractivity contribution < 1.29 is 9.90 Å². The molecule has 0 bridgehead atoms. The molecule has 0 radical (unpaired) electrons. The summed E-state index contributed by atoms with van der Waals surface area (Å²) in [6, 6.07) is 8.36. The third kappa shape index (κ3) is 3.07. The van der Waals surface area contributed by atoms with Crippen LogP contribution in [-0.4, -0.2) is 21.0 Å². The summed E-state index contributed by atoms with van der Waals surface area (Å²) in [6.45, 7) is 3.72. The Bertz CT molecular complexity index is 599. The minimum Gasteiger partial charge on any atom is -0.505 e. The molecular weight excluding hydrogens is 242 g/mol. The quantitative estimate of drug-likeness (QED) is 0.881. The number of nitrogens with one attached hydrogen (secondary N) is 1. The average molecular weight is 257 g/mol. The topological polar surface area (TPSA) is 75.1 Å². The Balaban J connectivity index is 2.13. The zero-order chi connectivity index (χ0) is 13.8. The minimum atomic E-state index is -0.422. The van der Waals surface area contributed by atoms with Gasteiger partial charge in [0.1, 0.15) is 5.75 Å². The molecule has 0 aliphatic rings. The third-order valence-electron chi connectivity index (χ3n) is 2.70. The maximum atomic E-state index is 12.0. The van der Waals surface area contributed by atoms with Gasteiger partial charge in [0.2, 0.25) is 0 Å². The van der Waals surface area contributed by atoms with E-state index in [0.717, 1.165) is 11.4 Å². The van der Waals surface area contributed by atoms with E-state index >= 15 is 0 Å². The summed E-state index contributed by atoms with van der Waals surface area (Å²) in [5.74, 6) is -0.557. The molecule has 0 fully saturated rings. The van der Waals surface area contributed by atoms with Crippen molar-refractivity contribution in [3.63, 3.8) is 0 Å². The zero-order valence-corrected chi connectivity index (χ0v) is 10.8. The number of carbonyl (C=O) groups is 1. The smallest absolute Gasteiger partial charge is 0.274 e. The zero-order valence-electron chi connectivity index (χ0n) is 10.8. The van der Waals surface area contributed by atoms with Crippen LogP contribution in [0.4, 0.5) is 0 Å². The fourth-order valence-electron chi connectivity index (χ4n) is 1.72. The molecule has 2 rings (SSSR count). The second-order valence-corrected chi connectivity index (χ2v) is 4.27. The van der Waals surface area contributed by atoms with E-state index in [-0.39, 0.29) is 17.5 Å². The highest BCUT2D eigenvalue weighted by Crippen LogP contribution is 2.15. The molecule has 0 aliphatic heterocycles. The maximum Gasteiger partial charge on any atom is 0.274 e. The molecule has 0 spiro atoms. The molecule has 0 aromatic carbocycles. The lowest BCUT2D eigenvalue weighted by Crippen LogP contribution is -2.28. The van der Waals surface area contributed by atoms with Crippen LogP contribution in [0.5, 0.6) is 5.75 Å². The Morgan fingerprint density at radius 3 is 2.79 bits per heavy atom. The molecule has 1 atom stereocenters. The highest BCUT2D eigenvalue weighted by molar-refractivity contribution is 5.94. The highest BCUT2D eigenvalue weighted by Gasteiger charge is 2.16. The Hall–Kier alpha value is -2.43. The van der Waals surface area contributed by atoms with Gasteiger partial charge in [0.05, 0.1) is 11.7 Å². The van der Waals surface area contributed by atoms with Gasteiger partial charge < -0.3 is 10.4 Å². The molecule has 0 unspecified atom stereocenters. The number of rotatable bonds is 3. The molecule has 2 N–H and O–H groups in total. The van der Waals surface area contributed by atoms with Crippen LogP contribution >= 0.6 is 0 Å². The van der Waals surface area contributed by atoms with Gasteiger partial charge in [0.25, 0.3) is 5.91 Å². The van der Waals surface area contributed by atoms with Crippen molar-refractivity contribution in [3.8, 4) is 5.75 Å². The number of carbonyl (C=O) groups excluding carboxylic acids is 1. The summed E-state index contributed by atoms with van der Waals surface area (Å²) in [5, 5.41) is 12.3. The average Bonchev–Trinajstić information content (AvgIpc) is 2.39. The van der Waals surface area contributed by atoms with E-state index in [2.05, 4.69) is 15.3 Å². The Morgan fingerprint density at radius 1 is 1.32 bits per heavy atom. The summed E-state index contributed by atoms with van der Waals surface area (Å²) in [4.78, 5) is 20.2. The van der Waals surface area contributed by atoms with Crippen molar-refractivity contribution >= 4 is 5.91 Å². The Morgan fingerprint density at radius 2 is 2.11 bits per heavy atom. The van der Waals surface area contributed by atoms with Gasteiger partial charge in [-0.3, -0.25) is 9.78 Å². The highest BCUT2D eigenvalue weighted by atomic mass is 16.3. The molecule has 1 amide bonds. The molecule has 98 valence electrons. The summed E-state index contributed by atoms with van der Waals surface area (Å²) < 4.78 is 0. The monoisotopic (exact) mass is 257 g/mol. The molecule has 0 aliphatic carbocycles. The van der Waals surface area contributed by atoms with Crippen molar-refractivity contribution in [1.29, 1.82) is 0 Å². The first-order valence-corrected chi connectivity index (χ1v) is 5.96. The van der Waals surface area contributed by atoms with Crippen molar-refractivity contribution in [2.24, 2.45) is 0 Å². The van der Waals surface area contributed by atoms with Crippen LogP contribution in [-0.2, 0) is 0 Å². The Labute approximate surface area is 111 Å². The van der Waals surface area contributed by atoms with Crippen LogP contribution in [0.2, 0.25) is 0 Å². The molecule has 5 heteroatoms. The van der Waals surface area contributed by atoms with Gasteiger partial charge in [0, 0.05) is 11.9 Å². The van der Waals surface area contributed by atoms with Gasteiger partial charge in [-0.25, -0.2) is 4.98 Å². The maximum absolute atomic E-state index is 12.0. The van der Waals surface area contributed by atoms with Crippen molar-refractivity contribution in [2.75, 3.05) is 0 Å². The normalized spacial score (nSPS) is 11.9. The largest absolute Gasteiger partial charge is 0.505 e. The second kappa shape index (κ2) is 5.48. The standard InChI is InChI=1S/C14H15N3O2/c1-9-5-3-6-11(16-9)10(2)17-14(19)13-12(18)7-4-8-15-13/h3-8,10,18H,1-2H3,(H,17,19)/t10-/m0/s1. The third-order valence-corrected chi connectivity index (χ3v) is 2.70. The predicted molar refractivity (Wildman–Crippen MR) is 70.8 cm³/mol. The molecule has 2 aromatic rings. The SMILES string of the molecule is Cc1cccc([C@H](C)NC(=O)c2ncccc2O)n1. The van der Waals surface area contributed by atoms with Gasteiger partial charge in [-0.15, -0.1) is 0 Å². The molecule has 19 heavy (non-hydrogen) atoms. The van der Waals surface area contributed by atoms with E-state index in [1.807, 2.05) is 32.0 Å². The lowest BCUT2D eigenvalue weighted by Gasteiger charge is -2.13. The van der Waals surface area contributed by atoms with Gasteiger partial charge >= 0.3 is 0 Å². The van der Waals surface area contributed by atoms with Crippen LogP contribution < -0.4 is 5.32 Å². The molecule has 2 aromatic heterocycles. The minimum absolute atomic E-state index is 0.0157. The van der Waals surface area contributed by atoms with Crippen LogP contribution in [0, 0.1) is 6.92 Å². The number of nitrogens with zero attached hydrogens (tertiary/aromatic N) is 2. The van der Waals surface area contributed by atoms with Crippen molar-refractivity contribution in [2.45, 2.75) is 19.9 Å². The van der Waals surface area contributed by atoms with Gasteiger partial charge in [0.15, 0.2) is 5.69 Å². The lowest BCUT2D eigenvalue weighted by atomic mass is 10.2. The summed E-state index contributed by atoms with van der Waals surface area (Å²) in [7, 11) is 0. The second-order valence-electron chi connectivity index (χ2n) is 4.27. The van der Waals surface area contributed by atoms with Crippen molar-refractivity contribution in [1.82, 2.24) is 15.3 Å². The van der Waals surface area contributed by atoms with E-state index in [1.165, 1.54) is 12.3 Å². The van der Waals surface area contributed by atoms with Crippen LogP contribution in [0.1, 0.15) is 34.8 Å². The number of pyridine rings is 2. The summed E-state index contributed by atoms with van der Waals surface area (Å²) >= 11 is 0. The number of amides is 1. The van der Waals surface area contributed by atoms with E-state index < -0.39 is 5.91 Å². The molecule has 2 heterocycles. The first-order valence-electron chi connectivity index (χ1n) is 5.96. The predicted octanol–water partition coefficient (Wildman–Crippen LogP) is 1.98. The Kier molecular flexibility index (Phi) is 3.75. The lowest BCUT2D eigenvalue weighted by molar-refractivity contribution is 0.0931. The fourth-order valence-corrected chi connectivity index (χ4v) is 1.72. The number of hydrogen-bond donors (Lipinski definition) is 2. The van der Waals surface area contributed by atoms with Gasteiger partial charge in [-0.2, -0.15) is 0 Å².